The van der Waals surface area contributed by atoms with Crippen LogP contribution in [0.2, 0.25) is 0 Å². The molecule has 0 aliphatic carbocycles. The minimum atomic E-state index is -0.903. The van der Waals surface area contributed by atoms with Crippen molar-refractivity contribution in [3.63, 3.8) is 0 Å². The van der Waals surface area contributed by atoms with Crippen molar-refractivity contribution in [2.75, 3.05) is 11.9 Å². The van der Waals surface area contributed by atoms with Gasteiger partial charge in [0.25, 0.3) is 0 Å². The molecule has 5 nitrogen and oxygen atoms in total. The van der Waals surface area contributed by atoms with E-state index in [-0.39, 0.29) is 6.04 Å². The molecular formula is C21H36N2O3. The summed E-state index contributed by atoms with van der Waals surface area (Å²) < 4.78 is 0. The lowest BCUT2D eigenvalue weighted by molar-refractivity contribution is -0.131. The highest BCUT2D eigenvalue weighted by molar-refractivity contribution is 5.79. The van der Waals surface area contributed by atoms with Crippen molar-refractivity contribution < 1.29 is 15.0 Å². The molecule has 0 saturated heterocycles. The van der Waals surface area contributed by atoms with Gasteiger partial charge in [0.15, 0.2) is 0 Å². The number of aromatic nitrogens is 1. The summed E-state index contributed by atoms with van der Waals surface area (Å²) in [7, 11) is 0. The first kappa shape index (κ1) is 22.3. The molecule has 0 aromatic carbocycles. The molecule has 26 heavy (non-hydrogen) atoms. The first-order valence-electron chi connectivity index (χ1n) is 10.1. The Bertz CT molecular complexity index is 472. The maximum atomic E-state index is 10.7. The number of carboxylic acid groups (broad SMARTS) is 1. The van der Waals surface area contributed by atoms with Gasteiger partial charge in [0.1, 0.15) is 5.82 Å². The van der Waals surface area contributed by atoms with Gasteiger partial charge in [-0.25, -0.2) is 4.79 Å². The first-order chi connectivity index (χ1) is 12.7. The highest BCUT2D eigenvalue weighted by Gasteiger charge is 2.06. The van der Waals surface area contributed by atoms with Crippen LogP contribution in [-0.4, -0.2) is 33.8 Å². The van der Waals surface area contributed by atoms with E-state index in [2.05, 4.69) is 10.3 Å². The summed E-state index contributed by atoms with van der Waals surface area (Å²) in [6.45, 7) is 0.327. The number of aliphatic hydroxyl groups is 1. The summed E-state index contributed by atoms with van der Waals surface area (Å²) in [6, 6.07) is 3.92. The molecule has 0 fully saturated rings. The van der Waals surface area contributed by atoms with Crippen LogP contribution in [-0.2, 0) is 4.79 Å². The lowest BCUT2D eigenvalue weighted by Gasteiger charge is -2.15. The summed E-state index contributed by atoms with van der Waals surface area (Å²) in [5, 5.41) is 20.9. The zero-order valence-electron chi connectivity index (χ0n) is 16.0. The first-order valence-corrected chi connectivity index (χ1v) is 10.1. The van der Waals surface area contributed by atoms with E-state index in [9.17, 15) is 4.79 Å². The summed E-state index contributed by atoms with van der Waals surface area (Å²) in [5.74, 6) is 0.0173. The highest BCUT2D eigenvalue weighted by atomic mass is 16.4. The molecule has 0 radical (unpaired) electrons. The lowest BCUT2D eigenvalue weighted by Crippen LogP contribution is -2.17. The SMILES string of the molecule is O=C(O)/C=C/[C@H](CCCCCCCCCCCCCO)Nc1ccc[nH]1. The Morgan fingerprint density at radius 1 is 1.00 bits per heavy atom. The van der Waals surface area contributed by atoms with Crippen LogP contribution in [0.15, 0.2) is 30.5 Å². The van der Waals surface area contributed by atoms with E-state index in [1.165, 1.54) is 57.4 Å². The Morgan fingerprint density at radius 2 is 1.58 bits per heavy atom. The van der Waals surface area contributed by atoms with Crippen LogP contribution in [0.5, 0.6) is 0 Å². The maximum Gasteiger partial charge on any atom is 0.328 e. The third-order valence-electron chi connectivity index (χ3n) is 4.58. The molecule has 0 spiro atoms. The van der Waals surface area contributed by atoms with Gasteiger partial charge in [0, 0.05) is 24.9 Å². The molecule has 1 rings (SSSR count). The van der Waals surface area contributed by atoms with Gasteiger partial charge in [-0.1, -0.05) is 70.3 Å². The highest BCUT2D eigenvalue weighted by Crippen LogP contribution is 2.14. The lowest BCUT2D eigenvalue weighted by atomic mass is 10.0. The molecule has 0 aliphatic heterocycles. The number of hydrogen-bond donors (Lipinski definition) is 4. The number of nitrogens with one attached hydrogen (secondary N) is 2. The molecular weight excluding hydrogens is 328 g/mol. The summed E-state index contributed by atoms with van der Waals surface area (Å²) in [4.78, 5) is 13.8. The van der Waals surface area contributed by atoms with Crippen LogP contribution in [0.25, 0.3) is 0 Å². The maximum absolute atomic E-state index is 10.7. The van der Waals surface area contributed by atoms with Gasteiger partial charge in [-0.3, -0.25) is 0 Å². The molecule has 5 heteroatoms. The molecule has 148 valence electrons. The van der Waals surface area contributed by atoms with Crippen molar-refractivity contribution in [2.24, 2.45) is 0 Å². The topological polar surface area (TPSA) is 85.3 Å². The standard InChI is InChI=1S/C21H36N2O3/c24-18-11-9-7-5-3-1-2-4-6-8-10-13-19(15-16-21(25)26)23-20-14-12-17-22-20/h12,14-17,19,22-24H,1-11,13,18H2,(H,25,26)/b16-15+/t19-/m0/s1. The van der Waals surface area contributed by atoms with Crippen molar-refractivity contribution >= 4 is 11.8 Å². The van der Waals surface area contributed by atoms with E-state index in [1.54, 1.807) is 6.08 Å². The van der Waals surface area contributed by atoms with E-state index in [0.29, 0.717) is 6.61 Å². The van der Waals surface area contributed by atoms with Gasteiger partial charge in [0.2, 0.25) is 0 Å². The van der Waals surface area contributed by atoms with Gasteiger partial charge in [-0.2, -0.15) is 0 Å². The fraction of sp³-hybridized carbons (Fsp3) is 0.667. The second kappa shape index (κ2) is 15.5. The van der Waals surface area contributed by atoms with Crippen molar-refractivity contribution in [1.82, 2.24) is 4.98 Å². The number of hydrogen-bond acceptors (Lipinski definition) is 3. The van der Waals surface area contributed by atoms with Crippen molar-refractivity contribution in [2.45, 2.75) is 83.1 Å². The number of anilines is 1. The van der Waals surface area contributed by atoms with Gasteiger partial charge in [-0.15, -0.1) is 0 Å². The number of unbranched alkanes of at least 4 members (excludes halogenated alkanes) is 10. The zero-order valence-corrected chi connectivity index (χ0v) is 16.0. The normalized spacial score (nSPS) is 12.5. The van der Waals surface area contributed by atoms with Crippen LogP contribution >= 0.6 is 0 Å². The van der Waals surface area contributed by atoms with Crippen LogP contribution in [0.4, 0.5) is 5.82 Å². The zero-order chi connectivity index (χ0) is 18.9. The van der Waals surface area contributed by atoms with Gasteiger partial charge in [-0.05, 0) is 25.0 Å². The summed E-state index contributed by atoms with van der Waals surface area (Å²) in [5.41, 5.74) is 0. The van der Waals surface area contributed by atoms with Crippen molar-refractivity contribution in [3.8, 4) is 0 Å². The van der Waals surface area contributed by atoms with Crippen LogP contribution in [0.1, 0.15) is 77.0 Å². The van der Waals surface area contributed by atoms with Crippen LogP contribution < -0.4 is 5.32 Å². The molecule has 1 atom stereocenters. The van der Waals surface area contributed by atoms with Crippen LogP contribution in [0.3, 0.4) is 0 Å². The Kier molecular flexibility index (Phi) is 13.3. The van der Waals surface area contributed by atoms with Gasteiger partial charge < -0.3 is 20.5 Å². The minimum absolute atomic E-state index is 0.0451. The predicted molar refractivity (Wildman–Crippen MR) is 107 cm³/mol. The number of H-pyrrole nitrogens is 1. The second-order valence-electron chi connectivity index (χ2n) is 6.93. The molecule has 0 unspecified atom stereocenters. The largest absolute Gasteiger partial charge is 0.478 e. The van der Waals surface area contributed by atoms with Crippen molar-refractivity contribution in [1.29, 1.82) is 0 Å². The van der Waals surface area contributed by atoms with Crippen LogP contribution in [0, 0.1) is 0 Å². The Balaban J connectivity index is 2.04. The summed E-state index contributed by atoms with van der Waals surface area (Å²) in [6.07, 6.45) is 19.2. The monoisotopic (exact) mass is 364 g/mol. The number of rotatable bonds is 17. The number of carboxylic acids is 1. The second-order valence-corrected chi connectivity index (χ2v) is 6.93. The quantitative estimate of drug-likeness (QED) is 0.229. The van der Waals surface area contributed by atoms with Gasteiger partial charge in [0.05, 0.1) is 0 Å². The molecule has 4 N–H and O–H groups in total. The molecule has 0 aliphatic rings. The molecule has 0 bridgehead atoms. The fourth-order valence-electron chi connectivity index (χ4n) is 3.10. The number of aliphatic hydroxyl groups excluding tert-OH is 1. The van der Waals surface area contributed by atoms with E-state index in [1.807, 2.05) is 18.3 Å². The minimum Gasteiger partial charge on any atom is -0.478 e. The number of aromatic amines is 1. The number of carbonyl (C=O) groups is 1. The average molecular weight is 365 g/mol. The molecule has 0 amide bonds. The van der Waals surface area contributed by atoms with E-state index < -0.39 is 5.97 Å². The fourth-order valence-corrected chi connectivity index (χ4v) is 3.10. The molecule has 1 aromatic rings. The molecule has 1 aromatic heterocycles. The Hall–Kier alpha value is -1.75. The predicted octanol–water partition coefficient (Wildman–Crippen LogP) is 5.11. The van der Waals surface area contributed by atoms with E-state index >= 15 is 0 Å². The third kappa shape index (κ3) is 12.6. The summed E-state index contributed by atoms with van der Waals surface area (Å²) >= 11 is 0. The van der Waals surface area contributed by atoms with E-state index in [0.717, 1.165) is 31.5 Å². The smallest absolute Gasteiger partial charge is 0.328 e. The molecule has 1 heterocycles. The van der Waals surface area contributed by atoms with Gasteiger partial charge >= 0.3 is 5.97 Å². The Morgan fingerprint density at radius 3 is 2.08 bits per heavy atom. The third-order valence-corrected chi connectivity index (χ3v) is 4.58. The average Bonchev–Trinajstić information content (AvgIpc) is 3.13. The molecule has 0 saturated carbocycles. The number of aliphatic carboxylic acids is 1. The van der Waals surface area contributed by atoms with Crippen molar-refractivity contribution in [3.05, 3.63) is 30.5 Å². The Labute approximate surface area is 157 Å². The van der Waals surface area contributed by atoms with E-state index in [4.69, 9.17) is 10.2 Å².